The van der Waals surface area contributed by atoms with Gasteiger partial charge in [-0.1, -0.05) is 6.92 Å². The minimum absolute atomic E-state index is 0.00958. The second kappa shape index (κ2) is 7.31. The van der Waals surface area contributed by atoms with Crippen molar-refractivity contribution in [1.82, 2.24) is 15.5 Å². The maximum absolute atomic E-state index is 11.4. The second-order valence-corrected chi connectivity index (χ2v) is 4.27. The number of carbonyl (C=O) groups is 1. The molecule has 1 heterocycles. The quantitative estimate of drug-likeness (QED) is 0.805. The summed E-state index contributed by atoms with van der Waals surface area (Å²) in [6.45, 7) is 6.77. The fourth-order valence-electron chi connectivity index (χ4n) is 1.52. The molecule has 0 saturated heterocycles. The molecule has 0 fully saturated rings. The third kappa shape index (κ3) is 4.21. The SMILES string of the molecule is CCCNC(=O)CCNc1nnc(C)c(C)c1C#N. The minimum Gasteiger partial charge on any atom is -0.367 e. The first-order valence-electron chi connectivity index (χ1n) is 6.34. The molecule has 1 aromatic heterocycles. The molecule has 1 rings (SSSR count). The summed E-state index contributed by atoms with van der Waals surface area (Å²) >= 11 is 0. The summed E-state index contributed by atoms with van der Waals surface area (Å²) in [4.78, 5) is 11.4. The second-order valence-electron chi connectivity index (χ2n) is 4.27. The van der Waals surface area contributed by atoms with Gasteiger partial charge in [-0.25, -0.2) is 0 Å². The molecular weight excluding hydrogens is 242 g/mol. The molecule has 2 N–H and O–H groups in total. The molecule has 0 aliphatic carbocycles. The van der Waals surface area contributed by atoms with Crippen molar-refractivity contribution < 1.29 is 4.79 Å². The van der Waals surface area contributed by atoms with Crippen LogP contribution in [0.5, 0.6) is 0 Å². The Bertz CT molecular complexity index is 493. The van der Waals surface area contributed by atoms with Crippen LogP contribution in [0.3, 0.4) is 0 Å². The Morgan fingerprint density at radius 1 is 1.32 bits per heavy atom. The Kier molecular flexibility index (Phi) is 5.73. The predicted molar refractivity (Wildman–Crippen MR) is 72.6 cm³/mol. The first-order chi connectivity index (χ1) is 9.10. The maximum Gasteiger partial charge on any atom is 0.221 e. The third-order valence-electron chi connectivity index (χ3n) is 2.78. The van der Waals surface area contributed by atoms with Gasteiger partial charge in [0, 0.05) is 19.5 Å². The van der Waals surface area contributed by atoms with Crippen LogP contribution in [0.2, 0.25) is 0 Å². The van der Waals surface area contributed by atoms with Crippen molar-refractivity contribution in [2.24, 2.45) is 0 Å². The fourth-order valence-corrected chi connectivity index (χ4v) is 1.52. The number of nitrogens with one attached hydrogen (secondary N) is 2. The highest BCUT2D eigenvalue weighted by Crippen LogP contribution is 2.16. The van der Waals surface area contributed by atoms with Gasteiger partial charge in [0.05, 0.1) is 5.69 Å². The summed E-state index contributed by atoms with van der Waals surface area (Å²) < 4.78 is 0. The lowest BCUT2D eigenvalue weighted by Gasteiger charge is -2.09. The zero-order valence-corrected chi connectivity index (χ0v) is 11.6. The van der Waals surface area contributed by atoms with Gasteiger partial charge in [0.2, 0.25) is 5.91 Å². The molecule has 1 amide bonds. The largest absolute Gasteiger partial charge is 0.367 e. The zero-order chi connectivity index (χ0) is 14.3. The van der Waals surface area contributed by atoms with Gasteiger partial charge in [-0.2, -0.15) is 10.4 Å². The number of anilines is 1. The van der Waals surface area contributed by atoms with Crippen molar-refractivity contribution in [1.29, 1.82) is 5.26 Å². The number of aryl methyl sites for hydroxylation is 1. The molecule has 0 radical (unpaired) electrons. The van der Waals surface area contributed by atoms with E-state index in [4.69, 9.17) is 5.26 Å². The number of nitrogens with zero attached hydrogens (tertiary/aromatic N) is 3. The van der Waals surface area contributed by atoms with E-state index in [-0.39, 0.29) is 5.91 Å². The van der Waals surface area contributed by atoms with Crippen LogP contribution in [-0.2, 0) is 4.79 Å². The van der Waals surface area contributed by atoms with Crippen molar-refractivity contribution in [2.75, 3.05) is 18.4 Å². The molecule has 6 heteroatoms. The van der Waals surface area contributed by atoms with Crippen LogP contribution in [0, 0.1) is 25.2 Å². The predicted octanol–water partition coefficient (Wildman–Crippen LogP) is 1.29. The molecule has 1 aromatic rings. The van der Waals surface area contributed by atoms with Crippen LogP contribution >= 0.6 is 0 Å². The van der Waals surface area contributed by atoms with Crippen LogP contribution in [-0.4, -0.2) is 29.2 Å². The van der Waals surface area contributed by atoms with Gasteiger partial charge >= 0.3 is 0 Å². The average Bonchev–Trinajstić information content (AvgIpc) is 2.40. The summed E-state index contributed by atoms with van der Waals surface area (Å²) in [5.74, 6) is 0.429. The van der Waals surface area contributed by atoms with E-state index in [2.05, 4.69) is 26.9 Å². The molecule has 0 aliphatic heterocycles. The van der Waals surface area contributed by atoms with Gasteiger partial charge in [0.25, 0.3) is 0 Å². The first kappa shape index (κ1) is 14.9. The molecule has 0 unspecified atom stereocenters. The van der Waals surface area contributed by atoms with Crippen LogP contribution in [0.15, 0.2) is 0 Å². The first-order valence-corrected chi connectivity index (χ1v) is 6.34. The molecule has 0 atom stereocenters. The number of amides is 1. The van der Waals surface area contributed by atoms with Gasteiger partial charge in [0.1, 0.15) is 11.6 Å². The lowest BCUT2D eigenvalue weighted by Crippen LogP contribution is -2.26. The number of aromatic nitrogens is 2. The van der Waals surface area contributed by atoms with Crippen LogP contribution in [0.1, 0.15) is 36.6 Å². The van der Waals surface area contributed by atoms with Gasteiger partial charge < -0.3 is 10.6 Å². The topological polar surface area (TPSA) is 90.7 Å². The monoisotopic (exact) mass is 261 g/mol. The summed E-state index contributed by atoms with van der Waals surface area (Å²) in [6, 6.07) is 2.11. The van der Waals surface area contributed by atoms with E-state index in [1.807, 2.05) is 20.8 Å². The number of hydrogen-bond donors (Lipinski definition) is 2. The van der Waals surface area contributed by atoms with Gasteiger partial charge in [0.15, 0.2) is 5.82 Å². The summed E-state index contributed by atoms with van der Waals surface area (Å²) in [7, 11) is 0. The molecule has 0 saturated carbocycles. The highest BCUT2D eigenvalue weighted by atomic mass is 16.1. The van der Waals surface area contributed by atoms with Crippen molar-refractivity contribution >= 4 is 11.7 Å². The van der Waals surface area contributed by atoms with Gasteiger partial charge in [-0.3, -0.25) is 4.79 Å². The Labute approximate surface area is 113 Å². The molecule has 0 spiro atoms. The van der Waals surface area contributed by atoms with E-state index in [0.717, 1.165) is 17.7 Å². The summed E-state index contributed by atoms with van der Waals surface area (Å²) in [5.41, 5.74) is 2.04. The number of nitriles is 1. The molecular formula is C13H19N5O. The summed E-state index contributed by atoms with van der Waals surface area (Å²) in [5, 5.41) is 22.8. The van der Waals surface area contributed by atoms with Crippen LogP contribution in [0.4, 0.5) is 5.82 Å². The van der Waals surface area contributed by atoms with Crippen molar-refractivity contribution in [3.8, 4) is 6.07 Å². The highest BCUT2D eigenvalue weighted by Gasteiger charge is 2.10. The fraction of sp³-hybridized carbons (Fsp3) is 0.538. The zero-order valence-electron chi connectivity index (χ0n) is 11.6. The van der Waals surface area contributed by atoms with Crippen molar-refractivity contribution in [3.63, 3.8) is 0 Å². The van der Waals surface area contributed by atoms with Crippen molar-refractivity contribution in [3.05, 3.63) is 16.8 Å². The third-order valence-corrected chi connectivity index (χ3v) is 2.78. The molecule has 6 nitrogen and oxygen atoms in total. The lowest BCUT2D eigenvalue weighted by molar-refractivity contribution is -0.120. The van der Waals surface area contributed by atoms with E-state index in [9.17, 15) is 4.79 Å². The smallest absolute Gasteiger partial charge is 0.221 e. The maximum atomic E-state index is 11.4. The average molecular weight is 261 g/mol. The normalized spacial score (nSPS) is 9.79. The molecule has 19 heavy (non-hydrogen) atoms. The van der Waals surface area contributed by atoms with E-state index in [1.165, 1.54) is 0 Å². The summed E-state index contributed by atoms with van der Waals surface area (Å²) in [6.07, 6.45) is 1.26. The lowest BCUT2D eigenvalue weighted by atomic mass is 10.1. The van der Waals surface area contributed by atoms with E-state index >= 15 is 0 Å². The Morgan fingerprint density at radius 2 is 2.05 bits per heavy atom. The molecule has 0 aliphatic rings. The van der Waals surface area contributed by atoms with Gasteiger partial charge in [-0.05, 0) is 25.8 Å². The van der Waals surface area contributed by atoms with Crippen molar-refractivity contribution in [2.45, 2.75) is 33.6 Å². The van der Waals surface area contributed by atoms with E-state index < -0.39 is 0 Å². The van der Waals surface area contributed by atoms with Gasteiger partial charge in [-0.15, -0.1) is 5.10 Å². The molecule has 0 aromatic carbocycles. The highest BCUT2D eigenvalue weighted by molar-refractivity contribution is 5.76. The Hall–Kier alpha value is -2.16. The van der Waals surface area contributed by atoms with Crippen LogP contribution < -0.4 is 10.6 Å². The Balaban J connectivity index is 2.57. The number of carbonyl (C=O) groups excluding carboxylic acids is 1. The molecule has 0 bridgehead atoms. The van der Waals surface area contributed by atoms with E-state index in [1.54, 1.807) is 0 Å². The standard InChI is InChI=1S/C13H19N5O/c1-4-6-15-12(19)5-7-16-13-11(8-14)9(2)10(3)17-18-13/h4-7H2,1-3H3,(H,15,19)(H,16,18). The number of hydrogen-bond acceptors (Lipinski definition) is 5. The Morgan fingerprint density at radius 3 is 2.68 bits per heavy atom. The van der Waals surface area contributed by atoms with E-state index in [0.29, 0.717) is 30.9 Å². The minimum atomic E-state index is -0.00958. The number of rotatable bonds is 6. The molecule has 102 valence electrons. The van der Waals surface area contributed by atoms with Crippen LogP contribution in [0.25, 0.3) is 0 Å².